The largest absolute Gasteiger partial charge is 0.373 e. The van der Waals surface area contributed by atoms with Gasteiger partial charge in [0.15, 0.2) is 0 Å². The van der Waals surface area contributed by atoms with Gasteiger partial charge in [-0.2, -0.15) is 0 Å². The third kappa shape index (κ3) is 2.96. The summed E-state index contributed by atoms with van der Waals surface area (Å²) in [7, 11) is 0. The van der Waals surface area contributed by atoms with E-state index in [0.29, 0.717) is 11.8 Å². The van der Waals surface area contributed by atoms with Gasteiger partial charge < -0.3 is 15.4 Å². The summed E-state index contributed by atoms with van der Waals surface area (Å²) in [6.45, 7) is 6.80. The van der Waals surface area contributed by atoms with Crippen molar-refractivity contribution >= 4 is 11.8 Å². The molecule has 27 heavy (non-hydrogen) atoms. The topological polar surface area (TPSA) is 67.4 Å². The standard InChI is InChI=1S/C22H30N2O3/c1-14(25)23-13-18(26)24-20-21(2,3)16-11-17-19(15-7-5-4-6-8-15)27-10-9-22(17,20)12-16/h4-8,16-17,19-20H,9-13H2,1-3H3,(H,23,25)(H,24,26)/t16-,17-,19-,20+,22?/m1/s1. The normalized spacial score (nSPS) is 36.1. The average Bonchev–Trinajstić information content (AvgIpc) is 3.13. The maximum Gasteiger partial charge on any atom is 0.239 e. The van der Waals surface area contributed by atoms with Crippen LogP contribution >= 0.6 is 0 Å². The highest BCUT2D eigenvalue weighted by Gasteiger charge is 2.68. The summed E-state index contributed by atoms with van der Waals surface area (Å²) >= 11 is 0. The predicted molar refractivity (Wildman–Crippen MR) is 103 cm³/mol. The molecule has 3 aliphatic rings. The Hall–Kier alpha value is -1.88. The van der Waals surface area contributed by atoms with Crippen LogP contribution in [0.1, 0.15) is 51.7 Å². The van der Waals surface area contributed by atoms with Crippen LogP contribution in [0.2, 0.25) is 0 Å². The Morgan fingerprint density at radius 2 is 1.96 bits per heavy atom. The van der Waals surface area contributed by atoms with E-state index in [9.17, 15) is 9.59 Å². The predicted octanol–water partition coefficient (Wildman–Crippen LogP) is 2.82. The molecule has 1 saturated heterocycles. The highest BCUT2D eigenvalue weighted by molar-refractivity contribution is 5.84. The Balaban J connectivity index is 1.60. The number of hydrogen-bond acceptors (Lipinski definition) is 3. The molecule has 5 heteroatoms. The molecule has 4 rings (SSSR count). The molecule has 1 aromatic carbocycles. The molecule has 2 saturated carbocycles. The molecule has 1 spiro atoms. The van der Waals surface area contributed by atoms with Gasteiger partial charge >= 0.3 is 0 Å². The number of nitrogens with one attached hydrogen (secondary N) is 2. The second-order valence-corrected chi connectivity index (χ2v) is 9.16. The lowest BCUT2D eigenvalue weighted by molar-refractivity contribution is -0.137. The summed E-state index contributed by atoms with van der Waals surface area (Å²) in [6.07, 6.45) is 3.41. The Bertz CT molecular complexity index is 732. The van der Waals surface area contributed by atoms with Crippen molar-refractivity contribution in [1.82, 2.24) is 10.6 Å². The molecule has 5 atom stereocenters. The summed E-state index contributed by atoms with van der Waals surface area (Å²) < 4.78 is 6.26. The third-order valence-corrected chi connectivity index (χ3v) is 7.44. The van der Waals surface area contributed by atoms with Crippen molar-refractivity contribution in [1.29, 1.82) is 0 Å². The smallest absolute Gasteiger partial charge is 0.239 e. The van der Waals surface area contributed by atoms with Gasteiger partial charge in [-0.15, -0.1) is 0 Å². The lowest BCUT2D eigenvalue weighted by Crippen LogP contribution is -2.59. The van der Waals surface area contributed by atoms with Crippen molar-refractivity contribution in [3.63, 3.8) is 0 Å². The minimum atomic E-state index is -0.177. The minimum Gasteiger partial charge on any atom is -0.373 e. The number of rotatable bonds is 4. The van der Waals surface area contributed by atoms with Gasteiger partial charge in [-0.05, 0) is 47.5 Å². The Kier molecular flexibility index (Phi) is 4.53. The monoisotopic (exact) mass is 370 g/mol. The van der Waals surface area contributed by atoms with Crippen molar-refractivity contribution in [3.8, 4) is 0 Å². The number of carbonyl (C=O) groups excluding carboxylic acids is 2. The van der Waals surface area contributed by atoms with Crippen molar-refractivity contribution in [3.05, 3.63) is 35.9 Å². The zero-order valence-corrected chi connectivity index (χ0v) is 16.5. The molecular formula is C22H30N2O3. The number of benzene rings is 1. The van der Waals surface area contributed by atoms with E-state index < -0.39 is 0 Å². The maximum absolute atomic E-state index is 12.5. The van der Waals surface area contributed by atoms with Crippen molar-refractivity contribution < 1.29 is 14.3 Å². The summed E-state index contributed by atoms with van der Waals surface area (Å²) in [4.78, 5) is 23.7. The third-order valence-electron chi connectivity index (χ3n) is 7.44. The zero-order valence-electron chi connectivity index (χ0n) is 16.5. The van der Waals surface area contributed by atoms with E-state index in [1.54, 1.807) is 0 Å². The van der Waals surface area contributed by atoms with Crippen LogP contribution in [0.3, 0.4) is 0 Å². The fourth-order valence-electron chi connectivity index (χ4n) is 6.18. The fourth-order valence-corrected chi connectivity index (χ4v) is 6.18. The molecule has 0 aromatic heterocycles. The van der Waals surface area contributed by atoms with E-state index in [2.05, 4.69) is 48.7 Å². The van der Waals surface area contributed by atoms with Crippen LogP contribution in [0.25, 0.3) is 0 Å². The van der Waals surface area contributed by atoms with Crippen LogP contribution < -0.4 is 10.6 Å². The van der Waals surface area contributed by atoms with E-state index in [4.69, 9.17) is 4.74 Å². The molecule has 3 fully saturated rings. The van der Waals surface area contributed by atoms with Gasteiger partial charge in [0.1, 0.15) is 0 Å². The number of fused-ring (bicyclic) bond motifs is 1. The van der Waals surface area contributed by atoms with Crippen LogP contribution in [0.4, 0.5) is 0 Å². The molecular weight excluding hydrogens is 340 g/mol. The van der Waals surface area contributed by atoms with Crippen LogP contribution in [-0.4, -0.2) is 31.0 Å². The van der Waals surface area contributed by atoms with E-state index in [1.807, 2.05) is 6.07 Å². The summed E-state index contributed by atoms with van der Waals surface area (Å²) in [5, 5.41) is 5.93. The van der Waals surface area contributed by atoms with Gasteiger partial charge in [0, 0.05) is 19.6 Å². The molecule has 0 radical (unpaired) electrons. The first-order valence-electron chi connectivity index (χ1n) is 10.0. The zero-order chi connectivity index (χ0) is 19.2. The van der Waals surface area contributed by atoms with E-state index in [0.717, 1.165) is 25.9 Å². The van der Waals surface area contributed by atoms with E-state index in [-0.39, 0.29) is 41.3 Å². The fraction of sp³-hybridized carbons (Fsp3) is 0.636. The molecule has 2 aliphatic carbocycles. The summed E-state index contributed by atoms with van der Waals surface area (Å²) in [6, 6.07) is 10.6. The highest BCUT2D eigenvalue weighted by Crippen LogP contribution is 2.70. The van der Waals surface area contributed by atoms with Crippen LogP contribution in [-0.2, 0) is 14.3 Å². The second-order valence-electron chi connectivity index (χ2n) is 9.16. The SMILES string of the molecule is CC(=O)NCC(=O)N[C@H]1C(C)(C)[C@@H]2C[C@@H]3[C@@H](c4ccccc4)OCCC31C2. The van der Waals surface area contributed by atoms with Gasteiger partial charge in [0.05, 0.1) is 12.6 Å². The quantitative estimate of drug-likeness (QED) is 0.856. The number of ether oxygens (including phenoxy) is 1. The number of amides is 2. The molecule has 2 N–H and O–H groups in total. The first-order chi connectivity index (χ1) is 12.8. The Morgan fingerprint density at radius 3 is 2.67 bits per heavy atom. The average molecular weight is 370 g/mol. The molecule has 2 bridgehead atoms. The Morgan fingerprint density at radius 1 is 1.22 bits per heavy atom. The van der Waals surface area contributed by atoms with Crippen molar-refractivity contribution in [2.45, 2.75) is 52.2 Å². The molecule has 1 unspecified atom stereocenters. The molecule has 1 aliphatic heterocycles. The maximum atomic E-state index is 12.5. The first kappa shape index (κ1) is 18.5. The molecule has 146 valence electrons. The second kappa shape index (κ2) is 6.62. The highest BCUT2D eigenvalue weighted by atomic mass is 16.5. The van der Waals surface area contributed by atoms with Gasteiger partial charge in [-0.3, -0.25) is 9.59 Å². The van der Waals surface area contributed by atoms with E-state index in [1.165, 1.54) is 12.5 Å². The Labute approximate surface area is 161 Å². The van der Waals surface area contributed by atoms with Gasteiger partial charge in [-0.1, -0.05) is 44.2 Å². The lowest BCUT2D eigenvalue weighted by atomic mass is 9.59. The molecule has 2 amide bonds. The van der Waals surface area contributed by atoms with Crippen LogP contribution in [0.15, 0.2) is 30.3 Å². The first-order valence-corrected chi connectivity index (χ1v) is 10.0. The van der Waals surface area contributed by atoms with Crippen molar-refractivity contribution in [2.75, 3.05) is 13.2 Å². The summed E-state index contributed by atoms with van der Waals surface area (Å²) in [5.74, 6) is 0.745. The van der Waals surface area contributed by atoms with Gasteiger partial charge in [-0.25, -0.2) is 0 Å². The summed E-state index contributed by atoms with van der Waals surface area (Å²) in [5.41, 5.74) is 1.38. The number of carbonyl (C=O) groups is 2. The van der Waals surface area contributed by atoms with Crippen LogP contribution in [0, 0.1) is 22.7 Å². The van der Waals surface area contributed by atoms with Gasteiger partial charge in [0.2, 0.25) is 11.8 Å². The van der Waals surface area contributed by atoms with E-state index >= 15 is 0 Å². The lowest BCUT2D eigenvalue weighted by Gasteiger charge is -2.53. The minimum absolute atomic E-state index is 0.0476. The van der Waals surface area contributed by atoms with Crippen molar-refractivity contribution in [2.24, 2.45) is 22.7 Å². The molecule has 1 aromatic rings. The van der Waals surface area contributed by atoms with Crippen LogP contribution in [0.5, 0.6) is 0 Å². The van der Waals surface area contributed by atoms with Gasteiger partial charge in [0.25, 0.3) is 0 Å². The molecule has 1 heterocycles. The molecule has 5 nitrogen and oxygen atoms in total. The number of hydrogen-bond donors (Lipinski definition) is 2.